The molecule has 3 nitrogen and oxygen atoms in total. The number of hydrogen-bond acceptors (Lipinski definition) is 3. The number of methoxy groups -OCH3 is 1. The molecule has 1 N–H and O–H groups in total. The highest BCUT2D eigenvalue weighted by Crippen LogP contribution is 2.17. The van der Waals surface area contributed by atoms with Gasteiger partial charge in [-0.05, 0) is 57.5 Å². The summed E-state index contributed by atoms with van der Waals surface area (Å²) in [6.45, 7) is 7.02. The molecule has 1 heterocycles. The molecule has 3 heteroatoms. The second kappa shape index (κ2) is 8.28. The average molecular weight is 276 g/mol. The smallest absolute Gasteiger partial charge is 0.122 e. The van der Waals surface area contributed by atoms with E-state index in [9.17, 15) is 0 Å². The van der Waals surface area contributed by atoms with Gasteiger partial charge in [0.15, 0.2) is 0 Å². The van der Waals surface area contributed by atoms with Crippen molar-refractivity contribution >= 4 is 0 Å². The van der Waals surface area contributed by atoms with Gasteiger partial charge in [-0.3, -0.25) is 0 Å². The van der Waals surface area contributed by atoms with Crippen LogP contribution in [-0.2, 0) is 6.42 Å². The zero-order valence-corrected chi connectivity index (χ0v) is 12.9. The van der Waals surface area contributed by atoms with Crippen LogP contribution in [0.3, 0.4) is 0 Å². The molecule has 0 radical (unpaired) electrons. The molecule has 1 aliphatic heterocycles. The third-order valence-corrected chi connectivity index (χ3v) is 4.06. The van der Waals surface area contributed by atoms with Gasteiger partial charge in [0.25, 0.3) is 0 Å². The van der Waals surface area contributed by atoms with E-state index in [-0.39, 0.29) is 0 Å². The molecule has 1 atom stereocenters. The molecule has 2 rings (SSSR count). The van der Waals surface area contributed by atoms with Gasteiger partial charge in [0.2, 0.25) is 0 Å². The molecule has 0 aliphatic carbocycles. The Morgan fingerprint density at radius 2 is 1.95 bits per heavy atom. The minimum atomic E-state index is 0.558. The quantitative estimate of drug-likeness (QED) is 0.828. The predicted molar refractivity (Wildman–Crippen MR) is 84.5 cm³/mol. The number of nitrogens with zero attached hydrogens (tertiary/aromatic N) is 1. The van der Waals surface area contributed by atoms with Gasteiger partial charge in [-0.15, -0.1) is 0 Å². The molecule has 112 valence electrons. The van der Waals surface area contributed by atoms with E-state index in [2.05, 4.69) is 29.3 Å². The summed E-state index contributed by atoms with van der Waals surface area (Å²) in [6, 6.07) is 8.84. The number of benzene rings is 1. The topological polar surface area (TPSA) is 24.5 Å². The van der Waals surface area contributed by atoms with Crippen LogP contribution in [0.5, 0.6) is 5.75 Å². The van der Waals surface area contributed by atoms with Crippen molar-refractivity contribution in [1.82, 2.24) is 10.2 Å². The van der Waals surface area contributed by atoms with Crippen LogP contribution >= 0.6 is 0 Å². The van der Waals surface area contributed by atoms with Crippen LogP contribution in [-0.4, -0.2) is 44.2 Å². The fourth-order valence-electron chi connectivity index (χ4n) is 2.96. The molecular formula is C17H28N2O. The van der Waals surface area contributed by atoms with Gasteiger partial charge in [0.05, 0.1) is 7.11 Å². The van der Waals surface area contributed by atoms with Crippen molar-refractivity contribution in [3.05, 3.63) is 29.8 Å². The van der Waals surface area contributed by atoms with E-state index < -0.39 is 0 Å². The van der Waals surface area contributed by atoms with Crippen LogP contribution in [0.1, 0.15) is 31.7 Å². The van der Waals surface area contributed by atoms with Crippen molar-refractivity contribution in [3.63, 3.8) is 0 Å². The third kappa shape index (κ3) is 4.80. The Balaban J connectivity index is 1.69. The largest absolute Gasteiger partial charge is 0.496 e. The second-order valence-corrected chi connectivity index (χ2v) is 5.78. The molecule has 1 fully saturated rings. The minimum absolute atomic E-state index is 0.558. The number of piperidine rings is 1. The van der Waals surface area contributed by atoms with E-state index >= 15 is 0 Å². The summed E-state index contributed by atoms with van der Waals surface area (Å²) < 4.78 is 5.39. The van der Waals surface area contributed by atoms with E-state index in [0.717, 1.165) is 18.7 Å². The summed E-state index contributed by atoms with van der Waals surface area (Å²) in [5.74, 6) is 0.998. The third-order valence-electron chi connectivity index (χ3n) is 4.06. The summed E-state index contributed by atoms with van der Waals surface area (Å²) in [4.78, 5) is 2.59. The molecule has 1 aromatic carbocycles. The SMILES string of the molecule is COc1ccccc1CCNC(C)CN1CCCCC1. The normalized spacial score (nSPS) is 17.9. The molecule has 1 unspecified atom stereocenters. The van der Waals surface area contributed by atoms with Crippen LogP contribution < -0.4 is 10.1 Å². The second-order valence-electron chi connectivity index (χ2n) is 5.78. The molecule has 0 aromatic heterocycles. The first-order valence-corrected chi connectivity index (χ1v) is 7.87. The van der Waals surface area contributed by atoms with E-state index in [1.165, 1.54) is 44.5 Å². The zero-order valence-electron chi connectivity index (χ0n) is 12.9. The van der Waals surface area contributed by atoms with Crippen molar-refractivity contribution in [1.29, 1.82) is 0 Å². The summed E-state index contributed by atoms with van der Waals surface area (Å²) >= 11 is 0. The van der Waals surface area contributed by atoms with Gasteiger partial charge in [-0.25, -0.2) is 0 Å². The number of hydrogen-bond donors (Lipinski definition) is 1. The summed E-state index contributed by atoms with van der Waals surface area (Å²) in [5, 5.41) is 3.63. The summed E-state index contributed by atoms with van der Waals surface area (Å²) in [5.41, 5.74) is 1.28. The van der Waals surface area contributed by atoms with Gasteiger partial charge < -0.3 is 15.0 Å². The number of rotatable bonds is 7. The molecule has 20 heavy (non-hydrogen) atoms. The van der Waals surface area contributed by atoms with Crippen molar-refractivity contribution in [2.45, 2.75) is 38.6 Å². The monoisotopic (exact) mass is 276 g/mol. The molecule has 1 aliphatic rings. The lowest BCUT2D eigenvalue weighted by atomic mass is 10.1. The number of likely N-dealkylation sites (tertiary alicyclic amines) is 1. The van der Waals surface area contributed by atoms with E-state index in [1.807, 2.05) is 12.1 Å². The predicted octanol–water partition coefficient (Wildman–Crippen LogP) is 2.70. The van der Waals surface area contributed by atoms with Crippen molar-refractivity contribution in [2.75, 3.05) is 33.3 Å². The molecule has 0 bridgehead atoms. The van der Waals surface area contributed by atoms with Gasteiger partial charge in [0, 0.05) is 12.6 Å². The fraction of sp³-hybridized carbons (Fsp3) is 0.647. The highest BCUT2D eigenvalue weighted by molar-refractivity contribution is 5.33. The lowest BCUT2D eigenvalue weighted by Crippen LogP contribution is -2.42. The Bertz CT molecular complexity index is 388. The number of ether oxygens (including phenoxy) is 1. The Hall–Kier alpha value is -1.06. The molecular weight excluding hydrogens is 248 g/mol. The van der Waals surface area contributed by atoms with Crippen LogP contribution in [0.15, 0.2) is 24.3 Å². The van der Waals surface area contributed by atoms with Gasteiger partial charge in [-0.1, -0.05) is 24.6 Å². The molecule has 0 saturated carbocycles. The maximum atomic E-state index is 5.39. The molecule has 0 spiro atoms. The van der Waals surface area contributed by atoms with Crippen LogP contribution in [0.4, 0.5) is 0 Å². The molecule has 1 aromatic rings. The zero-order chi connectivity index (χ0) is 14.2. The van der Waals surface area contributed by atoms with E-state index in [1.54, 1.807) is 7.11 Å². The highest BCUT2D eigenvalue weighted by atomic mass is 16.5. The fourth-order valence-corrected chi connectivity index (χ4v) is 2.96. The van der Waals surface area contributed by atoms with E-state index in [4.69, 9.17) is 4.74 Å². The van der Waals surface area contributed by atoms with Crippen LogP contribution in [0, 0.1) is 0 Å². The average Bonchev–Trinajstić information content (AvgIpc) is 2.49. The molecule has 0 amide bonds. The Kier molecular flexibility index (Phi) is 6.34. The van der Waals surface area contributed by atoms with E-state index in [0.29, 0.717) is 6.04 Å². The summed E-state index contributed by atoms with van der Waals surface area (Å²) in [7, 11) is 1.74. The van der Waals surface area contributed by atoms with Crippen molar-refractivity contribution in [2.24, 2.45) is 0 Å². The lowest BCUT2D eigenvalue weighted by Gasteiger charge is -2.29. The lowest BCUT2D eigenvalue weighted by molar-refractivity contribution is 0.209. The minimum Gasteiger partial charge on any atom is -0.496 e. The van der Waals surface area contributed by atoms with Crippen LogP contribution in [0.2, 0.25) is 0 Å². The van der Waals surface area contributed by atoms with Crippen molar-refractivity contribution < 1.29 is 4.74 Å². The Morgan fingerprint density at radius 3 is 2.70 bits per heavy atom. The first-order valence-electron chi connectivity index (χ1n) is 7.87. The standard InChI is InChI=1S/C17H28N2O/c1-15(14-19-12-6-3-7-13-19)18-11-10-16-8-4-5-9-17(16)20-2/h4-5,8-9,15,18H,3,6-7,10-14H2,1-2H3. The first kappa shape index (κ1) is 15.3. The number of para-hydroxylation sites is 1. The summed E-state index contributed by atoms with van der Waals surface area (Å²) in [6.07, 6.45) is 5.17. The maximum absolute atomic E-state index is 5.39. The number of nitrogens with one attached hydrogen (secondary N) is 1. The van der Waals surface area contributed by atoms with Crippen LogP contribution in [0.25, 0.3) is 0 Å². The van der Waals surface area contributed by atoms with Crippen molar-refractivity contribution in [3.8, 4) is 5.75 Å². The molecule has 1 saturated heterocycles. The Labute approximate surface area is 123 Å². The Morgan fingerprint density at radius 1 is 1.20 bits per heavy atom. The van der Waals surface area contributed by atoms with Gasteiger partial charge in [-0.2, -0.15) is 0 Å². The maximum Gasteiger partial charge on any atom is 0.122 e. The van der Waals surface area contributed by atoms with Gasteiger partial charge in [0.1, 0.15) is 5.75 Å². The highest BCUT2D eigenvalue weighted by Gasteiger charge is 2.13. The van der Waals surface area contributed by atoms with Gasteiger partial charge >= 0.3 is 0 Å². The first-order chi connectivity index (χ1) is 9.79.